The highest BCUT2D eigenvalue weighted by Gasteiger charge is 2.09. The molecule has 1 N–H and O–H groups in total. The van der Waals surface area contributed by atoms with E-state index in [-0.39, 0.29) is 0 Å². The van der Waals surface area contributed by atoms with Crippen LogP contribution in [0.5, 0.6) is 0 Å². The van der Waals surface area contributed by atoms with Crippen LogP contribution in [0.3, 0.4) is 0 Å². The van der Waals surface area contributed by atoms with Crippen molar-refractivity contribution in [3.8, 4) is 0 Å². The van der Waals surface area contributed by atoms with Gasteiger partial charge >= 0.3 is 0 Å². The first-order chi connectivity index (χ1) is 8.68. The van der Waals surface area contributed by atoms with Crippen LogP contribution >= 0.6 is 0 Å². The molecule has 0 spiro atoms. The van der Waals surface area contributed by atoms with Gasteiger partial charge in [-0.2, -0.15) is 0 Å². The van der Waals surface area contributed by atoms with Gasteiger partial charge in [0.2, 0.25) is 0 Å². The summed E-state index contributed by atoms with van der Waals surface area (Å²) in [6, 6.07) is 0. The van der Waals surface area contributed by atoms with Crippen LogP contribution in [0.2, 0.25) is 0 Å². The van der Waals surface area contributed by atoms with E-state index < -0.39 is 0 Å². The number of nitrogens with one attached hydrogen (secondary N) is 1. The van der Waals surface area contributed by atoms with Crippen molar-refractivity contribution in [1.82, 2.24) is 15.1 Å². The Morgan fingerprint density at radius 2 is 1.89 bits per heavy atom. The van der Waals surface area contributed by atoms with Gasteiger partial charge in [-0.3, -0.25) is 4.90 Å². The Morgan fingerprint density at radius 3 is 2.56 bits per heavy atom. The minimum Gasteiger partial charge on any atom is -0.380 e. The lowest BCUT2D eigenvalue weighted by atomic mass is 10.1. The van der Waals surface area contributed by atoms with Crippen LogP contribution in [0.1, 0.15) is 20.3 Å². The van der Waals surface area contributed by atoms with Gasteiger partial charge in [-0.05, 0) is 19.4 Å². The zero-order chi connectivity index (χ0) is 13.2. The minimum absolute atomic E-state index is 0.746. The summed E-state index contributed by atoms with van der Waals surface area (Å²) in [4.78, 5) is 4.91. The molecule has 1 aliphatic heterocycles. The lowest BCUT2D eigenvalue weighted by Crippen LogP contribution is -2.46. The number of piperazine rings is 1. The van der Waals surface area contributed by atoms with Crippen LogP contribution in [0, 0.1) is 5.92 Å². The van der Waals surface area contributed by atoms with E-state index in [2.05, 4.69) is 36.0 Å². The second-order valence-electron chi connectivity index (χ2n) is 5.69. The minimum atomic E-state index is 0.746. The maximum Gasteiger partial charge on any atom is 0.0593 e. The fourth-order valence-electron chi connectivity index (χ4n) is 2.00. The van der Waals surface area contributed by atoms with Crippen molar-refractivity contribution >= 4 is 0 Å². The van der Waals surface area contributed by atoms with Gasteiger partial charge in [0, 0.05) is 52.4 Å². The molecule has 18 heavy (non-hydrogen) atoms. The molecule has 0 amide bonds. The van der Waals surface area contributed by atoms with Gasteiger partial charge in [-0.15, -0.1) is 0 Å². The molecule has 0 aromatic heterocycles. The van der Waals surface area contributed by atoms with Gasteiger partial charge in [0.25, 0.3) is 0 Å². The summed E-state index contributed by atoms with van der Waals surface area (Å²) in [6.45, 7) is 14.3. The zero-order valence-corrected chi connectivity index (χ0v) is 12.5. The SMILES string of the molecule is CC(C)CCOCCN(C)CCN1CCNCC1. The number of hydrogen-bond donors (Lipinski definition) is 1. The summed E-state index contributed by atoms with van der Waals surface area (Å²) in [5.74, 6) is 0.746. The Kier molecular flexibility index (Phi) is 8.59. The van der Waals surface area contributed by atoms with Crippen LogP contribution in [-0.4, -0.2) is 75.9 Å². The molecule has 0 aromatic rings. The van der Waals surface area contributed by atoms with Gasteiger partial charge in [0.05, 0.1) is 6.61 Å². The molecule has 1 rings (SSSR count). The monoisotopic (exact) mass is 257 g/mol. The molecular formula is C14H31N3O. The lowest BCUT2D eigenvalue weighted by Gasteiger charge is -2.29. The quantitative estimate of drug-likeness (QED) is 0.621. The van der Waals surface area contributed by atoms with E-state index in [9.17, 15) is 0 Å². The first-order valence-corrected chi connectivity index (χ1v) is 7.38. The molecule has 1 heterocycles. The third kappa shape index (κ3) is 8.03. The molecule has 0 bridgehead atoms. The van der Waals surface area contributed by atoms with Crippen LogP contribution in [0.4, 0.5) is 0 Å². The van der Waals surface area contributed by atoms with Gasteiger partial charge < -0.3 is 15.0 Å². The van der Waals surface area contributed by atoms with Crippen LogP contribution in [0.15, 0.2) is 0 Å². The average Bonchev–Trinajstić information content (AvgIpc) is 2.37. The number of rotatable bonds is 9. The molecule has 0 aromatic carbocycles. The standard InChI is InChI=1S/C14H31N3O/c1-14(2)4-12-18-13-11-16(3)9-10-17-7-5-15-6-8-17/h14-15H,4-13H2,1-3H3. The van der Waals surface area contributed by atoms with E-state index >= 15 is 0 Å². The normalized spacial score (nSPS) is 17.8. The fraction of sp³-hybridized carbons (Fsp3) is 1.00. The predicted octanol–water partition coefficient (Wildman–Crippen LogP) is 0.886. The Hall–Kier alpha value is -0.160. The van der Waals surface area contributed by atoms with E-state index in [0.717, 1.165) is 45.3 Å². The van der Waals surface area contributed by atoms with E-state index in [1.54, 1.807) is 0 Å². The van der Waals surface area contributed by atoms with E-state index in [1.165, 1.54) is 26.1 Å². The zero-order valence-electron chi connectivity index (χ0n) is 12.5. The molecule has 0 atom stereocenters. The highest BCUT2D eigenvalue weighted by atomic mass is 16.5. The molecule has 0 aliphatic carbocycles. The first-order valence-electron chi connectivity index (χ1n) is 7.38. The topological polar surface area (TPSA) is 27.7 Å². The van der Waals surface area contributed by atoms with E-state index in [0.29, 0.717) is 0 Å². The molecule has 4 heteroatoms. The van der Waals surface area contributed by atoms with Crippen molar-refractivity contribution in [2.24, 2.45) is 5.92 Å². The molecule has 108 valence electrons. The molecule has 1 aliphatic rings. The molecule has 0 unspecified atom stereocenters. The predicted molar refractivity (Wildman–Crippen MR) is 77.1 cm³/mol. The fourth-order valence-corrected chi connectivity index (χ4v) is 2.00. The molecule has 0 radical (unpaired) electrons. The van der Waals surface area contributed by atoms with Crippen molar-refractivity contribution in [2.45, 2.75) is 20.3 Å². The van der Waals surface area contributed by atoms with Crippen molar-refractivity contribution in [2.75, 3.05) is 66.1 Å². The highest BCUT2D eigenvalue weighted by Crippen LogP contribution is 1.99. The largest absolute Gasteiger partial charge is 0.380 e. The second-order valence-corrected chi connectivity index (χ2v) is 5.69. The van der Waals surface area contributed by atoms with Crippen molar-refractivity contribution in [3.05, 3.63) is 0 Å². The number of ether oxygens (including phenoxy) is 1. The molecule has 4 nitrogen and oxygen atoms in total. The molecule has 1 saturated heterocycles. The van der Waals surface area contributed by atoms with Crippen molar-refractivity contribution in [3.63, 3.8) is 0 Å². The van der Waals surface area contributed by atoms with Crippen LogP contribution in [0.25, 0.3) is 0 Å². The van der Waals surface area contributed by atoms with E-state index in [4.69, 9.17) is 4.74 Å². The third-order valence-corrected chi connectivity index (χ3v) is 3.46. The van der Waals surface area contributed by atoms with Gasteiger partial charge in [-0.25, -0.2) is 0 Å². The Morgan fingerprint density at radius 1 is 1.17 bits per heavy atom. The average molecular weight is 257 g/mol. The van der Waals surface area contributed by atoms with Gasteiger partial charge in [0.15, 0.2) is 0 Å². The van der Waals surface area contributed by atoms with Gasteiger partial charge in [0.1, 0.15) is 0 Å². The Bertz CT molecular complexity index is 193. The summed E-state index contributed by atoms with van der Waals surface area (Å²) in [7, 11) is 2.19. The lowest BCUT2D eigenvalue weighted by molar-refractivity contribution is 0.0987. The number of hydrogen-bond acceptors (Lipinski definition) is 4. The summed E-state index contributed by atoms with van der Waals surface area (Å²) in [5, 5.41) is 3.38. The summed E-state index contributed by atoms with van der Waals surface area (Å²) >= 11 is 0. The summed E-state index contributed by atoms with van der Waals surface area (Å²) in [6.07, 6.45) is 1.17. The number of likely N-dealkylation sites (N-methyl/N-ethyl adjacent to an activating group) is 1. The summed E-state index contributed by atoms with van der Waals surface area (Å²) in [5.41, 5.74) is 0. The van der Waals surface area contributed by atoms with E-state index in [1.807, 2.05) is 0 Å². The highest BCUT2D eigenvalue weighted by molar-refractivity contribution is 4.68. The Balaban J connectivity index is 1.91. The smallest absolute Gasteiger partial charge is 0.0593 e. The number of nitrogens with zero attached hydrogens (tertiary/aromatic N) is 2. The first kappa shape index (κ1) is 15.9. The van der Waals surface area contributed by atoms with Gasteiger partial charge in [-0.1, -0.05) is 13.8 Å². The molecule has 0 saturated carbocycles. The maximum absolute atomic E-state index is 5.64. The molecule has 1 fully saturated rings. The summed E-state index contributed by atoms with van der Waals surface area (Å²) < 4.78 is 5.64. The Labute approximate surface area is 113 Å². The second kappa shape index (κ2) is 9.73. The van der Waals surface area contributed by atoms with Crippen LogP contribution < -0.4 is 5.32 Å². The van der Waals surface area contributed by atoms with Crippen molar-refractivity contribution < 1.29 is 4.74 Å². The van der Waals surface area contributed by atoms with Crippen molar-refractivity contribution in [1.29, 1.82) is 0 Å². The van der Waals surface area contributed by atoms with Crippen LogP contribution in [-0.2, 0) is 4.74 Å². The molecular weight excluding hydrogens is 226 g/mol. The maximum atomic E-state index is 5.64. The third-order valence-electron chi connectivity index (χ3n) is 3.46.